The fourth-order valence-electron chi connectivity index (χ4n) is 3.80. The Kier molecular flexibility index (Phi) is 7.36. The molecule has 1 amide bonds. The lowest BCUT2D eigenvalue weighted by molar-refractivity contribution is -0.147. The maximum Gasteiger partial charge on any atom is 0.307 e. The summed E-state index contributed by atoms with van der Waals surface area (Å²) < 4.78 is 4.05. The highest BCUT2D eigenvalue weighted by Gasteiger charge is 2.35. The lowest BCUT2D eigenvalue weighted by Gasteiger charge is -2.27. The first-order chi connectivity index (χ1) is 14.9. The molecule has 1 heterocycles. The summed E-state index contributed by atoms with van der Waals surface area (Å²) >= 11 is 10.3. The SMILES string of the molecule is O=C(Nc1ccc2nc(SCc3ccc(Br)cc3Br)sc2c1)[C@H]1CCCC[C@H]1C(=O)O. The second-order valence-corrected chi connectivity index (χ2v) is 11.5. The highest BCUT2D eigenvalue weighted by molar-refractivity contribution is 9.11. The van der Waals surface area contributed by atoms with Gasteiger partial charge in [-0.25, -0.2) is 4.98 Å². The molecule has 5 nitrogen and oxygen atoms in total. The van der Waals surface area contributed by atoms with Crippen LogP contribution in [0, 0.1) is 11.8 Å². The predicted molar refractivity (Wildman–Crippen MR) is 133 cm³/mol. The molecule has 3 aromatic rings. The quantitative estimate of drug-likeness (QED) is 0.307. The Labute approximate surface area is 205 Å². The summed E-state index contributed by atoms with van der Waals surface area (Å²) in [6.07, 6.45) is 2.95. The van der Waals surface area contributed by atoms with Crippen LogP contribution in [0.1, 0.15) is 31.2 Å². The molecule has 1 fully saturated rings. The molecule has 1 aliphatic rings. The minimum absolute atomic E-state index is 0.203. The normalized spacial score (nSPS) is 18.8. The number of amides is 1. The molecule has 0 radical (unpaired) electrons. The lowest BCUT2D eigenvalue weighted by atomic mass is 9.78. The van der Waals surface area contributed by atoms with E-state index >= 15 is 0 Å². The van der Waals surface area contributed by atoms with Gasteiger partial charge in [-0.2, -0.15) is 0 Å². The topological polar surface area (TPSA) is 79.3 Å². The van der Waals surface area contributed by atoms with Crippen molar-refractivity contribution in [3.8, 4) is 0 Å². The van der Waals surface area contributed by atoms with Crippen LogP contribution < -0.4 is 5.32 Å². The maximum atomic E-state index is 12.7. The molecule has 2 atom stereocenters. The number of anilines is 1. The summed E-state index contributed by atoms with van der Waals surface area (Å²) in [7, 11) is 0. The number of benzene rings is 2. The van der Waals surface area contributed by atoms with Gasteiger partial charge < -0.3 is 10.4 Å². The van der Waals surface area contributed by atoms with E-state index in [0.29, 0.717) is 18.5 Å². The molecule has 9 heteroatoms. The van der Waals surface area contributed by atoms with Crippen molar-refractivity contribution in [2.45, 2.75) is 35.8 Å². The van der Waals surface area contributed by atoms with Gasteiger partial charge in [-0.15, -0.1) is 11.3 Å². The summed E-state index contributed by atoms with van der Waals surface area (Å²) in [4.78, 5) is 28.9. The van der Waals surface area contributed by atoms with Crippen LogP contribution in [0.25, 0.3) is 10.2 Å². The van der Waals surface area contributed by atoms with Crippen LogP contribution in [0.15, 0.2) is 49.7 Å². The third kappa shape index (κ3) is 5.50. The van der Waals surface area contributed by atoms with Crippen LogP contribution in [0.2, 0.25) is 0 Å². The summed E-state index contributed by atoms with van der Waals surface area (Å²) in [5, 5.41) is 12.4. The number of halogens is 2. The van der Waals surface area contributed by atoms with E-state index in [-0.39, 0.29) is 5.91 Å². The molecule has 1 saturated carbocycles. The molecule has 0 aliphatic heterocycles. The molecule has 0 saturated heterocycles. The van der Waals surface area contributed by atoms with Gasteiger partial charge in [-0.3, -0.25) is 9.59 Å². The van der Waals surface area contributed by atoms with Crippen LogP contribution >= 0.6 is 55.0 Å². The number of nitrogens with zero attached hydrogens (tertiary/aromatic N) is 1. The van der Waals surface area contributed by atoms with Crippen LogP contribution in [-0.4, -0.2) is 22.0 Å². The molecule has 1 aromatic heterocycles. The van der Waals surface area contributed by atoms with E-state index in [1.54, 1.807) is 23.1 Å². The van der Waals surface area contributed by atoms with Crippen molar-refractivity contribution >= 4 is 82.7 Å². The molecular formula is C22H20Br2N2O3S2. The van der Waals surface area contributed by atoms with E-state index in [0.717, 1.165) is 42.1 Å². The summed E-state index contributed by atoms with van der Waals surface area (Å²) in [6, 6.07) is 11.8. The number of aromatic nitrogens is 1. The average Bonchev–Trinajstić information content (AvgIpc) is 3.15. The molecule has 4 rings (SSSR count). The Morgan fingerprint density at radius 3 is 2.65 bits per heavy atom. The zero-order valence-electron chi connectivity index (χ0n) is 16.4. The van der Waals surface area contributed by atoms with Crippen molar-refractivity contribution in [1.29, 1.82) is 0 Å². The number of nitrogens with one attached hydrogen (secondary N) is 1. The molecular weight excluding hydrogens is 564 g/mol. The molecule has 0 spiro atoms. The average molecular weight is 584 g/mol. The van der Waals surface area contributed by atoms with E-state index in [4.69, 9.17) is 0 Å². The second kappa shape index (κ2) is 10.0. The number of aliphatic carboxylic acids is 1. The van der Waals surface area contributed by atoms with Gasteiger partial charge >= 0.3 is 5.97 Å². The number of carbonyl (C=O) groups is 2. The van der Waals surface area contributed by atoms with E-state index in [1.165, 1.54) is 5.56 Å². The smallest absolute Gasteiger partial charge is 0.307 e. The first-order valence-corrected chi connectivity index (χ1v) is 13.3. The van der Waals surface area contributed by atoms with Crippen molar-refractivity contribution in [2.75, 3.05) is 5.32 Å². The van der Waals surface area contributed by atoms with Gasteiger partial charge in [0.05, 0.1) is 22.1 Å². The van der Waals surface area contributed by atoms with E-state index in [1.807, 2.05) is 30.3 Å². The third-order valence-corrected chi connectivity index (χ3v) is 8.86. The number of rotatable bonds is 6. The van der Waals surface area contributed by atoms with Crippen LogP contribution in [0.3, 0.4) is 0 Å². The fraction of sp³-hybridized carbons (Fsp3) is 0.318. The first-order valence-electron chi connectivity index (χ1n) is 9.91. The van der Waals surface area contributed by atoms with Crippen LogP contribution in [-0.2, 0) is 15.3 Å². The highest BCUT2D eigenvalue weighted by Crippen LogP contribution is 2.35. The lowest BCUT2D eigenvalue weighted by Crippen LogP contribution is -2.36. The minimum atomic E-state index is -0.878. The van der Waals surface area contributed by atoms with Crippen molar-refractivity contribution in [3.05, 3.63) is 50.9 Å². The Balaban J connectivity index is 1.44. The fourth-order valence-corrected chi connectivity index (χ4v) is 7.28. The predicted octanol–water partition coefficient (Wildman–Crippen LogP) is 6.94. The molecule has 162 valence electrons. The Morgan fingerprint density at radius 2 is 1.90 bits per heavy atom. The third-order valence-electron chi connectivity index (χ3n) is 5.42. The number of carboxylic acid groups (broad SMARTS) is 1. The highest BCUT2D eigenvalue weighted by atomic mass is 79.9. The zero-order valence-corrected chi connectivity index (χ0v) is 21.2. The van der Waals surface area contributed by atoms with Gasteiger partial charge in [-0.1, -0.05) is 62.5 Å². The summed E-state index contributed by atoms with van der Waals surface area (Å²) in [6.45, 7) is 0. The number of thioether (sulfide) groups is 1. The van der Waals surface area contributed by atoms with Gasteiger partial charge in [-0.05, 0) is 48.7 Å². The number of thiazole rings is 1. The van der Waals surface area contributed by atoms with E-state index in [2.05, 4.69) is 48.2 Å². The molecule has 2 aromatic carbocycles. The molecule has 2 N–H and O–H groups in total. The number of hydrogen-bond acceptors (Lipinski definition) is 5. The number of carbonyl (C=O) groups excluding carboxylic acids is 1. The Morgan fingerprint density at radius 1 is 1.13 bits per heavy atom. The maximum absolute atomic E-state index is 12.7. The Hall–Kier alpha value is -1.42. The van der Waals surface area contributed by atoms with Crippen molar-refractivity contribution in [1.82, 2.24) is 4.98 Å². The zero-order chi connectivity index (χ0) is 22.0. The van der Waals surface area contributed by atoms with Crippen molar-refractivity contribution in [2.24, 2.45) is 11.8 Å². The van der Waals surface area contributed by atoms with Gasteiger partial charge in [0, 0.05) is 20.4 Å². The number of carboxylic acids is 1. The molecule has 0 bridgehead atoms. The number of hydrogen-bond donors (Lipinski definition) is 2. The summed E-state index contributed by atoms with van der Waals surface area (Å²) in [5.74, 6) is -1.35. The standard InChI is InChI=1S/C22H20Br2N2O3S2/c23-13-6-5-12(17(24)9-13)11-30-22-26-18-8-7-14(10-19(18)31-22)25-20(27)15-3-1-2-4-16(15)21(28)29/h5-10,15-16H,1-4,11H2,(H,25,27)(H,28,29)/t15-,16+/m0/s1. The second-order valence-electron chi connectivity index (χ2n) is 7.51. The summed E-state index contributed by atoms with van der Waals surface area (Å²) in [5.41, 5.74) is 2.77. The van der Waals surface area contributed by atoms with Crippen molar-refractivity contribution in [3.63, 3.8) is 0 Å². The monoisotopic (exact) mass is 582 g/mol. The molecule has 1 aliphatic carbocycles. The van der Waals surface area contributed by atoms with Crippen LogP contribution in [0.5, 0.6) is 0 Å². The van der Waals surface area contributed by atoms with Gasteiger partial charge in [0.25, 0.3) is 0 Å². The molecule has 0 unspecified atom stereocenters. The van der Waals surface area contributed by atoms with Gasteiger partial charge in [0.2, 0.25) is 5.91 Å². The largest absolute Gasteiger partial charge is 0.481 e. The van der Waals surface area contributed by atoms with Crippen molar-refractivity contribution < 1.29 is 14.7 Å². The van der Waals surface area contributed by atoms with E-state index < -0.39 is 17.8 Å². The van der Waals surface area contributed by atoms with Crippen LogP contribution in [0.4, 0.5) is 5.69 Å². The first kappa shape index (κ1) is 22.8. The van der Waals surface area contributed by atoms with Gasteiger partial charge in [0.15, 0.2) is 4.34 Å². The minimum Gasteiger partial charge on any atom is -0.481 e. The molecule has 31 heavy (non-hydrogen) atoms. The van der Waals surface area contributed by atoms with E-state index in [9.17, 15) is 14.7 Å². The number of fused-ring (bicyclic) bond motifs is 1. The van der Waals surface area contributed by atoms with Gasteiger partial charge in [0.1, 0.15) is 0 Å². The Bertz CT molecular complexity index is 1140.